The number of rotatable bonds is 10. The van der Waals surface area contributed by atoms with Crippen LogP contribution in [0.4, 0.5) is 0 Å². The number of aromatic nitrogens is 4. The lowest BCUT2D eigenvalue weighted by Gasteiger charge is -2.36. The molecule has 0 fully saturated rings. The van der Waals surface area contributed by atoms with Crippen molar-refractivity contribution >= 4 is 30.6 Å². The van der Waals surface area contributed by atoms with E-state index in [9.17, 15) is 4.55 Å². The molecule has 3 aromatic heterocycles. The number of pyridine rings is 2. The molecule has 0 radical (unpaired) electrons. The third kappa shape index (κ3) is 6.52. The zero-order valence-corrected chi connectivity index (χ0v) is 25.3. The van der Waals surface area contributed by atoms with Gasteiger partial charge in [-0.2, -0.15) is 5.10 Å². The molecule has 0 aliphatic heterocycles. The summed E-state index contributed by atoms with van der Waals surface area (Å²) < 4.78 is 23.4. The molecule has 4 aromatic rings. The van der Waals surface area contributed by atoms with Gasteiger partial charge in [0.25, 0.3) is 0 Å². The van der Waals surface area contributed by atoms with E-state index in [0.29, 0.717) is 6.61 Å². The number of nitrogens with one attached hydrogen (secondary N) is 1. The highest BCUT2D eigenvalue weighted by atomic mass is 32.2. The average Bonchev–Trinajstić information content (AvgIpc) is 3.30. The first kappa shape index (κ1) is 28.4. The largest absolute Gasteiger partial charge is 0.598 e. The van der Waals surface area contributed by atoms with Crippen LogP contribution < -0.4 is 4.72 Å². The monoisotopic (exact) mass is 549 g/mol. The van der Waals surface area contributed by atoms with E-state index >= 15 is 0 Å². The summed E-state index contributed by atoms with van der Waals surface area (Å²) in [5.41, 5.74) is 5.61. The molecule has 3 heterocycles. The van der Waals surface area contributed by atoms with Crippen molar-refractivity contribution in [2.75, 3.05) is 6.26 Å². The average molecular weight is 550 g/mol. The minimum absolute atomic E-state index is 0.0520. The van der Waals surface area contributed by atoms with Crippen LogP contribution in [0.1, 0.15) is 58.0 Å². The molecule has 1 unspecified atom stereocenters. The van der Waals surface area contributed by atoms with Crippen LogP contribution in [-0.4, -0.2) is 38.9 Å². The third-order valence-corrected chi connectivity index (χ3v) is 12.4. The molecule has 1 aromatic carbocycles. The van der Waals surface area contributed by atoms with Crippen LogP contribution in [0, 0.1) is 0 Å². The Morgan fingerprint density at radius 3 is 2.63 bits per heavy atom. The van der Waals surface area contributed by atoms with E-state index in [1.54, 1.807) is 6.26 Å². The number of hydrogen-bond acceptors (Lipinski definition) is 6. The predicted molar refractivity (Wildman–Crippen MR) is 159 cm³/mol. The summed E-state index contributed by atoms with van der Waals surface area (Å²) in [6, 6.07) is 16.3. The van der Waals surface area contributed by atoms with E-state index in [1.807, 2.05) is 41.3 Å². The number of benzene rings is 1. The molecular weight excluding hydrogens is 511 g/mol. The third-order valence-electron chi connectivity index (χ3n) is 7.31. The molecule has 9 heteroatoms. The quantitative estimate of drug-likeness (QED) is 0.174. The molecule has 0 bridgehead atoms. The van der Waals surface area contributed by atoms with Gasteiger partial charge in [0.1, 0.15) is 6.26 Å². The molecule has 0 aliphatic rings. The molecule has 38 heavy (non-hydrogen) atoms. The second-order valence-electron chi connectivity index (χ2n) is 11.2. The topological polar surface area (TPSA) is 87.9 Å². The van der Waals surface area contributed by atoms with Crippen molar-refractivity contribution < 1.29 is 8.98 Å². The molecule has 1 N–H and O–H groups in total. The molecule has 0 amide bonds. The van der Waals surface area contributed by atoms with E-state index < -0.39 is 19.7 Å². The molecule has 0 spiro atoms. The van der Waals surface area contributed by atoms with Gasteiger partial charge in [-0.25, -0.2) is 4.68 Å². The lowest BCUT2D eigenvalue weighted by atomic mass is 10.1. The van der Waals surface area contributed by atoms with Crippen molar-refractivity contribution in [3.8, 4) is 16.9 Å². The predicted octanol–water partition coefficient (Wildman–Crippen LogP) is 6.73. The highest BCUT2D eigenvalue weighted by Gasteiger charge is 2.37. The number of nitrogens with zero attached hydrogens (tertiary/aromatic N) is 4. The van der Waals surface area contributed by atoms with E-state index in [4.69, 9.17) is 9.41 Å². The van der Waals surface area contributed by atoms with Crippen molar-refractivity contribution in [1.29, 1.82) is 0 Å². The first-order valence-corrected chi connectivity index (χ1v) is 17.6. The zero-order valence-electron chi connectivity index (χ0n) is 23.5. The highest BCUT2D eigenvalue weighted by molar-refractivity contribution is 7.88. The van der Waals surface area contributed by atoms with Crippen molar-refractivity contribution in [3.05, 3.63) is 72.3 Å². The first-order chi connectivity index (χ1) is 18.0. The van der Waals surface area contributed by atoms with Gasteiger partial charge in [-0.05, 0) is 54.9 Å². The van der Waals surface area contributed by atoms with Crippen molar-refractivity contribution in [2.24, 2.45) is 0 Å². The molecule has 4 rings (SSSR count). The highest BCUT2D eigenvalue weighted by Crippen LogP contribution is 2.37. The van der Waals surface area contributed by atoms with Crippen LogP contribution in [0.2, 0.25) is 18.1 Å². The number of hydrogen-bond donors (Lipinski definition) is 1. The lowest BCUT2D eigenvalue weighted by Crippen LogP contribution is -2.40. The summed E-state index contributed by atoms with van der Waals surface area (Å²) in [6.45, 7) is 13.8. The Balaban J connectivity index is 1.64. The zero-order chi connectivity index (χ0) is 27.5. The molecular formula is C29H39N5O2SSi. The van der Waals surface area contributed by atoms with Gasteiger partial charge in [-0.1, -0.05) is 52.3 Å². The van der Waals surface area contributed by atoms with Gasteiger partial charge in [0.05, 0.1) is 47.1 Å². The van der Waals surface area contributed by atoms with Crippen LogP contribution in [0.25, 0.3) is 27.8 Å². The molecule has 2 atom stereocenters. The standard InChI is InChI=1S/C29H39N5O2SSi/c1-8-10-27(33-37(5)35)26-12-9-11-25(32-26)21-13-14-22-19-31-34(28(22)17-21)24-15-16-30-23(18-24)20-36-38(6,7)29(2,3)4/h9,11-19,27,33H,8,10,20H2,1-7H3/t27-,37?/m0/s1. The van der Waals surface area contributed by atoms with Crippen molar-refractivity contribution in [1.82, 2.24) is 24.5 Å². The van der Waals surface area contributed by atoms with E-state index in [0.717, 1.165) is 52.1 Å². The smallest absolute Gasteiger partial charge is 0.192 e. The summed E-state index contributed by atoms with van der Waals surface area (Å²) in [5.74, 6) is 0. The Bertz CT molecular complexity index is 1380. The molecule has 0 saturated carbocycles. The summed E-state index contributed by atoms with van der Waals surface area (Å²) in [6.07, 6.45) is 7.20. The first-order valence-electron chi connectivity index (χ1n) is 13.1. The maximum absolute atomic E-state index is 11.9. The van der Waals surface area contributed by atoms with Gasteiger partial charge in [-0.15, -0.1) is 4.72 Å². The lowest BCUT2D eigenvalue weighted by molar-refractivity contribution is 0.272. The summed E-state index contributed by atoms with van der Waals surface area (Å²) in [7, 11) is -1.88. The fraction of sp³-hybridized carbons (Fsp3) is 0.414. The maximum atomic E-state index is 11.9. The molecule has 0 saturated heterocycles. The minimum Gasteiger partial charge on any atom is -0.598 e. The van der Waals surface area contributed by atoms with Crippen LogP contribution in [0.15, 0.2) is 60.9 Å². The van der Waals surface area contributed by atoms with Gasteiger partial charge < -0.3 is 8.98 Å². The fourth-order valence-electron chi connectivity index (χ4n) is 4.09. The Hall–Kier alpha value is -2.56. The SMILES string of the molecule is CCC[C@H](N[S+](C)[O-])c1cccc(-c2ccc3cnn(-c4ccnc(CO[Si](C)(C)C(C)(C)C)c4)c3c2)n1. The Morgan fingerprint density at radius 2 is 1.92 bits per heavy atom. The normalized spacial score (nSPS) is 14.1. The van der Waals surface area contributed by atoms with Crippen molar-refractivity contribution in [2.45, 2.75) is 71.3 Å². The maximum Gasteiger partial charge on any atom is 0.192 e. The van der Waals surface area contributed by atoms with Gasteiger partial charge >= 0.3 is 0 Å². The Kier molecular flexibility index (Phi) is 8.74. The Morgan fingerprint density at radius 1 is 1.13 bits per heavy atom. The summed E-state index contributed by atoms with van der Waals surface area (Å²) in [5, 5.41) is 5.88. The van der Waals surface area contributed by atoms with Crippen LogP contribution in [-0.2, 0) is 22.4 Å². The summed E-state index contributed by atoms with van der Waals surface area (Å²) in [4.78, 5) is 9.50. The van der Waals surface area contributed by atoms with E-state index in [-0.39, 0.29) is 11.1 Å². The van der Waals surface area contributed by atoms with Crippen molar-refractivity contribution in [3.63, 3.8) is 0 Å². The fourth-order valence-corrected chi connectivity index (χ4v) is 5.67. The molecule has 202 valence electrons. The van der Waals surface area contributed by atoms with Gasteiger partial charge in [0.2, 0.25) is 0 Å². The van der Waals surface area contributed by atoms with Gasteiger partial charge in [-0.3, -0.25) is 9.97 Å². The number of fused-ring (bicyclic) bond motifs is 1. The van der Waals surface area contributed by atoms with Crippen LogP contribution in [0.3, 0.4) is 0 Å². The minimum atomic E-state index is -1.88. The Labute approximate surface area is 230 Å². The van der Waals surface area contributed by atoms with Gasteiger partial charge in [0.15, 0.2) is 8.32 Å². The van der Waals surface area contributed by atoms with E-state index in [2.05, 4.69) is 79.9 Å². The van der Waals surface area contributed by atoms with Crippen LogP contribution >= 0.6 is 0 Å². The second-order valence-corrected chi connectivity index (χ2v) is 17.2. The van der Waals surface area contributed by atoms with Gasteiger partial charge in [0, 0.05) is 28.5 Å². The summed E-state index contributed by atoms with van der Waals surface area (Å²) >= 11 is -1.11. The second kappa shape index (κ2) is 11.7. The molecule has 7 nitrogen and oxygen atoms in total. The van der Waals surface area contributed by atoms with Crippen LogP contribution in [0.5, 0.6) is 0 Å². The van der Waals surface area contributed by atoms with E-state index in [1.165, 1.54) is 0 Å². The molecule has 0 aliphatic carbocycles.